The maximum Gasteiger partial charge on any atom is 0.318 e. The lowest BCUT2D eigenvalue weighted by Crippen LogP contribution is -2.57. The predicted molar refractivity (Wildman–Crippen MR) is 130 cm³/mol. The van der Waals surface area contributed by atoms with E-state index in [1.807, 2.05) is 0 Å². The first kappa shape index (κ1) is 22.4. The molecule has 0 saturated carbocycles. The number of carbonyl (C=O) groups is 1. The summed E-state index contributed by atoms with van der Waals surface area (Å²) in [5, 5.41) is 3.24. The van der Waals surface area contributed by atoms with Crippen LogP contribution in [0.1, 0.15) is 42.4 Å². The van der Waals surface area contributed by atoms with Crippen LogP contribution in [0.15, 0.2) is 54.6 Å². The van der Waals surface area contributed by atoms with Crippen molar-refractivity contribution in [3.8, 4) is 0 Å². The molecule has 3 saturated heterocycles. The number of hydrogen-bond donors (Lipinski definition) is 2. The summed E-state index contributed by atoms with van der Waals surface area (Å²) in [6.07, 6.45) is 4.01. The third kappa shape index (κ3) is 4.39. The number of rotatable bonds is 6. The standard InChI is InChI=1S/C27H36N4O2/c28-18-21-6-8-22(9-7-21)19-30-14-10-25(11-15-30)31-26(32)29-20-27(31,23-4-2-1-3-5-23)24-12-16-33-17-13-24/h1-9,24-25H,10-20,28H2,(H,29,32)/t27-/m0/s1. The molecule has 0 radical (unpaired) electrons. The van der Waals surface area contributed by atoms with E-state index in [1.165, 1.54) is 16.7 Å². The van der Waals surface area contributed by atoms with E-state index in [1.54, 1.807) is 0 Å². The smallest absolute Gasteiger partial charge is 0.318 e. The maximum absolute atomic E-state index is 13.3. The van der Waals surface area contributed by atoms with Crippen molar-refractivity contribution in [1.82, 2.24) is 15.1 Å². The third-order valence-corrected chi connectivity index (χ3v) is 7.92. The Hall–Kier alpha value is -2.41. The number of urea groups is 1. The summed E-state index contributed by atoms with van der Waals surface area (Å²) in [6.45, 7) is 5.80. The van der Waals surface area contributed by atoms with Crippen molar-refractivity contribution in [2.75, 3.05) is 32.8 Å². The molecular weight excluding hydrogens is 412 g/mol. The molecule has 6 heteroatoms. The monoisotopic (exact) mass is 448 g/mol. The van der Waals surface area contributed by atoms with Gasteiger partial charge in [0.1, 0.15) is 0 Å². The average Bonchev–Trinajstić information content (AvgIpc) is 3.24. The van der Waals surface area contributed by atoms with Crippen LogP contribution in [0.3, 0.4) is 0 Å². The summed E-state index contributed by atoms with van der Waals surface area (Å²) in [5.41, 5.74) is 9.20. The summed E-state index contributed by atoms with van der Waals surface area (Å²) in [4.78, 5) is 18.1. The maximum atomic E-state index is 13.3. The highest BCUT2D eigenvalue weighted by Gasteiger charge is 2.54. The molecule has 176 valence electrons. The number of ether oxygens (including phenoxy) is 1. The van der Waals surface area contributed by atoms with Crippen LogP contribution >= 0.6 is 0 Å². The van der Waals surface area contributed by atoms with E-state index in [0.29, 0.717) is 19.0 Å². The Labute approximate surface area is 197 Å². The molecule has 2 aromatic rings. The average molecular weight is 449 g/mol. The Bertz CT molecular complexity index is 921. The topological polar surface area (TPSA) is 70.8 Å². The lowest BCUT2D eigenvalue weighted by molar-refractivity contribution is -0.0210. The molecule has 2 amide bonds. The van der Waals surface area contributed by atoms with Crippen LogP contribution in [0, 0.1) is 5.92 Å². The van der Waals surface area contributed by atoms with Crippen molar-refractivity contribution in [1.29, 1.82) is 0 Å². The molecule has 3 heterocycles. The first-order valence-electron chi connectivity index (χ1n) is 12.4. The summed E-state index contributed by atoms with van der Waals surface area (Å²) in [5.74, 6) is 0.409. The Morgan fingerprint density at radius 2 is 1.61 bits per heavy atom. The quantitative estimate of drug-likeness (QED) is 0.710. The number of amides is 2. The minimum atomic E-state index is -0.285. The van der Waals surface area contributed by atoms with Crippen molar-refractivity contribution in [3.63, 3.8) is 0 Å². The van der Waals surface area contributed by atoms with Crippen molar-refractivity contribution >= 4 is 6.03 Å². The number of hydrogen-bond acceptors (Lipinski definition) is 4. The lowest BCUT2D eigenvalue weighted by atomic mass is 9.72. The Morgan fingerprint density at radius 3 is 2.27 bits per heavy atom. The molecule has 33 heavy (non-hydrogen) atoms. The molecule has 5 rings (SSSR count). The minimum absolute atomic E-state index is 0.0983. The van der Waals surface area contributed by atoms with Crippen LogP contribution in [0.4, 0.5) is 4.79 Å². The molecule has 3 N–H and O–H groups in total. The third-order valence-electron chi connectivity index (χ3n) is 7.92. The summed E-state index contributed by atoms with van der Waals surface area (Å²) in [6, 6.07) is 19.7. The highest BCUT2D eigenvalue weighted by Crippen LogP contribution is 2.45. The zero-order chi connectivity index (χ0) is 22.7. The molecule has 3 fully saturated rings. The molecule has 0 aromatic heterocycles. The van der Waals surface area contributed by atoms with Crippen LogP contribution in [0.25, 0.3) is 0 Å². The second-order valence-electron chi connectivity index (χ2n) is 9.73. The molecule has 6 nitrogen and oxygen atoms in total. The first-order valence-corrected chi connectivity index (χ1v) is 12.4. The largest absolute Gasteiger partial charge is 0.381 e. The normalized spacial score (nSPS) is 25.4. The van der Waals surface area contributed by atoms with E-state index < -0.39 is 0 Å². The van der Waals surface area contributed by atoms with Gasteiger partial charge in [-0.1, -0.05) is 54.6 Å². The Balaban J connectivity index is 1.34. The molecule has 0 spiro atoms. The zero-order valence-corrected chi connectivity index (χ0v) is 19.4. The predicted octanol–water partition coefficient (Wildman–Crippen LogP) is 3.46. The highest BCUT2D eigenvalue weighted by atomic mass is 16.5. The van der Waals surface area contributed by atoms with Crippen molar-refractivity contribution in [3.05, 3.63) is 71.3 Å². The highest BCUT2D eigenvalue weighted by molar-refractivity contribution is 5.79. The van der Waals surface area contributed by atoms with E-state index in [-0.39, 0.29) is 17.6 Å². The van der Waals surface area contributed by atoms with Gasteiger partial charge < -0.3 is 20.7 Å². The van der Waals surface area contributed by atoms with Gasteiger partial charge in [0.2, 0.25) is 0 Å². The van der Waals surface area contributed by atoms with Gasteiger partial charge in [0.15, 0.2) is 0 Å². The lowest BCUT2D eigenvalue weighted by Gasteiger charge is -2.49. The van der Waals surface area contributed by atoms with Gasteiger partial charge in [-0.3, -0.25) is 4.90 Å². The molecule has 2 aromatic carbocycles. The number of likely N-dealkylation sites (tertiary alicyclic amines) is 1. The van der Waals surface area contributed by atoms with E-state index in [4.69, 9.17) is 10.5 Å². The fraction of sp³-hybridized carbons (Fsp3) is 0.519. The molecule has 3 aliphatic rings. The number of benzene rings is 2. The Kier molecular flexibility index (Phi) is 6.67. The number of nitrogens with two attached hydrogens (primary N) is 1. The van der Waals surface area contributed by atoms with Crippen LogP contribution in [-0.4, -0.2) is 54.7 Å². The summed E-state index contributed by atoms with van der Waals surface area (Å²) >= 11 is 0. The van der Waals surface area contributed by atoms with E-state index in [0.717, 1.165) is 58.5 Å². The van der Waals surface area contributed by atoms with Gasteiger partial charge in [-0.25, -0.2) is 4.79 Å². The molecule has 3 aliphatic heterocycles. The zero-order valence-electron chi connectivity index (χ0n) is 19.4. The van der Waals surface area contributed by atoms with Crippen LogP contribution in [0.2, 0.25) is 0 Å². The Morgan fingerprint density at radius 1 is 0.939 bits per heavy atom. The van der Waals surface area contributed by atoms with Crippen LogP contribution in [0.5, 0.6) is 0 Å². The molecule has 1 atom stereocenters. The van der Waals surface area contributed by atoms with E-state index in [2.05, 4.69) is 69.7 Å². The van der Waals surface area contributed by atoms with Gasteiger partial charge in [-0.05, 0) is 48.3 Å². The van der Waals surface area contributed by atoms with Gasteiger partial charge in [0.05, 0.1) is 5.54 Å². The van der Waals surface area contributed by atoms with E-state index in [9.17, 15) is 4.79 Å². The molecule has 0 bridgehead atoms. The SMILES string of the molecule is NCc1ccc(CN2CCC(N3C(=O)NC[C@]3(c3ccccc3)C3CCOCC3)CC2)cc1. The van der Waals surface area contributed by atoms with E-state index >= 15 is 0 Å². The van der Waals surface area contributed by atoms with Crippen molar-refractivity contribution in [2.45, 2.75) is 50.4 Å². The number of nitrogens with one attached hydrogen (secondary N) is 1. The number of carbonyl (C=O) groups excluding carboxylic acids is 1. The fourth-order valence-corrected chi connectivity index (χ4v) is 6.15. The molecule has 0 aliphatic carbocycles. The van der Waals surface area contributed by atoms with Crippen molar-refractivity contribution < 1.29 is 9.53 Å². The van der Waals surface area contributed by atoms with Gasteiger partial charge in [0.25, 0.3) is 0 Å². The van der Waals surface area contributed by atoms with Gasteiger partial charge in [-0.15, -0.1) is 0 Å². The fourth-order valence-electron chi connectivity index (χ4n) is 6.15. The number of piperidine rings is 1. The van der Waals surface area contributed by atoms with Crippen LogP contribution in [-0.2, 0) is 23.4 Å². The van der Waals surface area contributed by atoms with Gasteiger partial charge in [-0.2, -0.15) is 0 Å². The van der Waals surface area contributed by atoms with Gasteiger partial charge in [0, 0.05) is 52.0 Å². The minimum Gasteiger partial charge on any atom is -0.381 e. The number of nitrogens with zero attached hydrogens (tertiary/aromatic N) is 2. The summed E-state index contributed by atoms with van der Waals surface area (Å²) in [7, 11) is 0. The second-order valence-corrected chi connectivity index (χ2v) is 9.73. The summed E-state index contributed by atoms with van der Waals surface area (Å²) < 4.78 is 5.70. The van der Waals surface area contributed by atoms with Crippen molar-refractivity contribution in [2.24, 2.45) is 11.7 Å². The molecular formula is C27H36N4O2. The first-order chi connectivity index (χ1) is 16.2. The second kappa shape index (κ2) is 9.84. The van der Waals surface area contributed by atoms with Crippen LogP contribution < -0.4 is 11.1 Å². The molecule has 0 unspecified atom stereocenters. The van der Waals surface area contributed by atoms with Gasteiger partial charge >= 0.3 is 6.03 Å².